The molecule has 2 heterocycles. The Bertz CT molecular complexity index is 534. The summed E-state index contributed by atoms with van der Waals surface area (Å²) >= 11 is 10.0. The monoisotopic (exact) mass is 389 g/mol. The molecule has 0 atom stereocenters. The molecule has 0 aliphatic carbocycles. The van der Waals surface area contributed by atoms with Gasteiger partial charge in [-0.2, -0.15) is 0 Å². The second kappa shape index (κ2) is 5.97. The molecule has 0 unspecified atom stereocenters. The van der Waals surface area contributed by atoms with Gasteiger partial charge in [-0.3, -0.25) is 0 Å². The van der Waals surface area contributed by atoms with Crippen LogP contribution in [0, 0.1) is 0 Å². The van der Waals surface area contributed by atoms with E-state index in [9.17, 15) is 13.5 Å². The lowest BCUT2D eigenvalue weighted by Gasteiger charge is -2.31. The van der Waals surface area contributed by atoms with Gasteiger partial charge < -0.3 is 9.84 Å². The smallest absolute Gasteiger partial charge is 0.250 e. The fraction of sp³-hybridized carbons (Fsp3) is 0.600. The zero-order chi connectivity index (χ0) is 14.1. The maximum Gasteiger partial charge on any atom is 0.250 e. The van der Waals surface area contributed by atoms with Crippen LogP contribution in [0.4, 0.5) is 0 Å². The maximum atomic E-state index is 12.1. The van der Waals surface area contributed by atoms with Crippen molar-refractivity contribution >= 4 is 48.9 Å². The predicted molar refractivity (Wildman–Crippen MR) is 77.2 cm³/mol. The zero-order valence-electron chi connectivity index (χ0n) is 9.86. The first kappa shape index (κ1) is 15.7. The standard InChI is InChI=1S/C10H13BrClNO4S2/c11-9-7(12)5-8(18-9)19(15,16)13-6-10(14)1-3-17-4-2-10/h5,13-14H,1-4,6H2. The van der Waals surface area contributed by atoms with E-state index in [0.717, 1.165) is 11.3 Å². The zero-order valence-corrected chi connectivity index (χ0v) is 13.8. The van der Waals surface area contributed by atoms with Gasteiger partial charge in [-0.15, -0.1) is 11.3 Å². The summed E-state index contributed by atoms with van der Waals surface area (Å²) in [5.41, 5.74) is -1.04. The molecule has 1 aliphatic heterocycles. The Hall–Kier alpha value is 0.300. The molecule has 1 aliphatic rings. The molecule has 1 fully saturated rings. The second-order valence-electron chi connectivity index (χ2n) is 4.35. The lowest BCUT2D eigenvalue weighted by atomic mass is 9.95. The van der Waals surface area contributed by atoms with Crippen molar-refractivity contribution in [1.29, 1.82) is 0 Å². The van der Waals surface area contributed by atoms with Gasteiger partial charge in [0, 0.05) is 32.6 Å². The van der Waals surface area contributed by atoms with E-state index in [0.29, 0.717) is 34.9 Å². The van der Waals surface area contributed by atoms with Crippen LogP contribution in [0.1, 0.15) is 12.8 Å². The van der Waals surface area contributed by atoms with Crippen molar-refractivity contribution < 1.29 is 18.3 Å². The summed E-state index contributed by atoms with van der Waals surface area (Å²) in [5, 5.41) is 10.6. The summed E-state index contributed by atoms with van der Waals surface area (Å²) < 4.78 is 32.4. The van der Waals surface area contributed by atoms with Crippen LogP contribution in [0.3, 0.4) is 0 Å². The Morgan fingerprint density at radius 3 is 2.68 bits per heavy atom. The second-order valence-corrected chi connectivity index (χ2v) is 9.12. The molecular weight excluding hydrogens is 378 g/mol. The molecule has 2 N–H and O–H groups in total. The third-order valence-corrected chi connectivity index (χ3v) is 7.25. The Labute approximate surface area is 129 Å². The molecule has 9 heteroatoms. The summed E-state index contributed by atoms with van der Waals surface area (Å²) in [4.78, 5) is 0. The van der Waals surface area contributed by atoms with Crippen molar-refractivity contribution in [3.63, 3.8) is 0 Å². The molecule has 5 nitrogen and oxygen atoms in total. The Morgan fingerprint density at radius 2 is 2.16 bits per heavy atom. The lowest BCUT2D eigenvalue weighted by molar-refractivity contribution is -0.0588. The Kier molecular flexibility index (Phi) is 4.92. The van der Waals surface area contributed by atoms with Crippen molar-refractivity contribution in [2.24, 2.45) is 0 Å². The van der Waals surface area contributed by atoms with Gasteiger partial charge in [-0.05, 0) is 22.0 Å². The molecule has 1 aromatic heterocycles. The molecule has 0 amide bonds. The minimum atomic E-state index is -3.65. The molecule has 0 bridgehead atoms. The van der Waals surface area contributed by atoms with E-state index in [2.05, 4.69) is 20.7 Å². The topological polar surface area (TPSA) is 75.6 Å². The minimum absolute atomic E-state index is 0.0220. The summed E-state index contributed by atoms with van der Waals surface area (Å²) in [6.45, 7) is 0.856. The van der Waals surface area contributed by atoms with Gasteiger partial charge in [0.1, 0.15) is 4.21 Å². The van der Waals surface area contributed by atoms with E-state index in [1.54, 1.807) is 0 Å². The van der Waals surface area contributed by atoms with E-state index in [-0.39, 0.29) is 10.8 Å². The number of aliphatic hydroxyl groups is 1. The molecule has 108 valence electrons. The molecule has 0 saturated carbocycles. The molecule has 0 aromatic carbocycles. The molecule has 1 saturated heterocycles. The molecule has 19 heavy (non-hydrogen) atoms. The third kappa shape index (κ3) is 3.90. The summed E-state index contributed by atoms with van der Waals surface area (Å²) in [6, 6.07) is 1.38. The van der Waals surface area contributed by atoms with Crippen LogP contribution in [0.5, 0.6) is 0 Å². The molecule has 2 rings (SSSR count). The lowest BCUT2D eigenvalue weighted by Crippen LogP contribution is -2.46. The van der Waals surface area contributed by atoms with Gasteiger partial charge in [0.2, 0.25) is 10.0 Å². The van der Waals surface area contributed by atoms with Gasteiger partial charge >= 0.3 is 0 Å². The van der Waals surface area contributed by atoms with E-state index in [1.807, 2.05) is 0 Å². The highest BCUT2D eigenvalue weighted by Gasteiger charge is 2.32. The minimum Gasteiger partial charge on any atom is -0.388 e. The third-order valence-electron chi connectivity index (χ3n) is 2.90. The fourth-order valence-corrected chi connectivity index (χ4v) is 5.25. The highest BCUT2D eigenvalue weighted by Crippen LogP contribution is 2.34. The van der Waals surface area contributed by atoms with Gasteiger partial charge in [0.15, 0.2) is 0 Å². The number of ether oxygens (including phenoxy) is 1. The summed E-state index contributed by atoms with van der Waals surface area (Å²) in [6.07, 6.45) is 0.842. The Morgan fingerprint density at radius 1 is 1.53 bits per heavy atom. The largest absolute Gasteiger partial charge is 0.388 e. The van der Waals surface area contributed by atoms with Crippen LogP contribution >= 0.6 is 38.9 Å². The molecule has 0 radical (unpaired) electrons. The maximum absolute atomic E-state index is 12.1. The van der Waals surface area contributed by atoms with Crippen LogP contribution in [0.15, 0.2) is 14.1 Å². The molecule has 0 spiro atoms. The first-order valence-electron chi connectivity index (χ1n) is 5.57. The molecular formula is C10H13BrClNO4S2. The first-order valence-corrected chi connectivity index (χ1v) is 9.04. The van der Waals surface area contributed by atoms with Crippen molar-refractivity contribution in [3.8, 4) is 0 Å². The van der Waals surface area contributed by atoms with Gasteiger partial charge in [-0.1, -0.05) is 11.6 Å². The highest BCUT2D eigenvalue weighted by molar-refractivity contribution is 9.11. The predicted octanol–water partition coefficient (Wildman–Crippen LogP) is 1.98. The van der Waals surface area contributed by atoms with Crippen LogP contribution in [-0.4, -0.2) is 38.9 Å². The number of hydrogen-bond acceptors (Lipinski definition) is 5. The number of hydrogen-bond donors (Lipinski definition) is 2. The van der Waals surface area contributed by atoms with Crippen LogP contribution in [0.25, 0.3) is 0 Å². The fourth-order valence-electron chi connectivity index (χ4n) is 1.69. The number of thiophene rings is 1. The average Bonchev–Trinajstić information content (AvgIpc) is 2.69. The van der Waals surface area contributed by atoms with Crippen LogP contribution in [0.2, 0.25) is 5.02 Å². The van der Waals surface area contributed by atoms with E-state index >= 15 is 0 Å². The number of rotatable bonds is 4. The van der Waals surface area contributed by atoms with Gasteiger partial charge in [0.05, 0.1) is 14.4 Å². The van der Waals surface area contributed by atoms with Crippen LogP contribution < -0.4 is 4.72 Å². The first-order chi connectivity index (χ1) is 8.82. The van der Waals surface area contributed by atoms with E-state index < -0.39 is 15.6 Å². The van der Waals surface area contributed by atoms with Gasteiger partial charge in [0.25, 0.3) is 0 Å². The quantitative estimate of drug-likeness (QED) is 0.824. The van der Waals surface area contributed by atoms with Crippen molar-refractivity contribution in [2.75, 3.05) is 19.8 Å². The molecule has 1 aromatic rings. The summed E-state index contributed by atoms with van der Waals surface area (Å²) in [5.74, 6) is 0. The highest BCUT2D eigenvalue weighted by atomic mass is 79.9. The summed E-state index contributed by atoms with van der Waals surface area (Å²) in [7, 11) is -3.65. The van der Waals surface area contributed by atoms with E-state index in [4.69, 9.17) is 16.3 Å². The van der Waals surface area contributed by atoms with Crippen LogP contribution in [-0.2, 0) is 14.8 Å². The Balaban J connectivity index is 2.05. The average molecular weight is 391 g/mol. The number of nitrogens with one attached hydrogen (secondary N) is 1. The van der Waals surface area contributed by atoms with Crippen molar-refractivity contribution in [3.05, 3.63) is 14.9 Å². The number of halogens is 2. The number of sulfonamides is 1. The van der Waals surface area contributed by atoms with E-state index in [1.165, 1.54) is 6.07 Å². The van der Waals surface area contributed by atoms with Crippen molar-refractivity contribution in [2.45, 2.75) is 22.7 Å². The van der Waals surface area contributed by atoms with Crippen molar-refractivity contribution in [1.82, 2.24) is 4.72 Å². The SMILES string of the molecule is O=S(=O)(NCC1(O)CCOCC1)c1cc(Cl)c(Br)s1. The van der Waals surface area contributed by atoms with Gasteiger partial charge in [-0.25, -0.2) is 13.1 Å². The normalized spacial score (nSPS) is 19.5.